The van der Waals surface area contributed by atoms with Crippen LogP contribution < -0.4 is 0 Å². The molecule has 0 saturated carbocycles. The van der Waals surface area contributed by atoms with Crippen molar-refractivity contribution in [2.45, 2.75) is 59.3 Å². The number of carbonyl (C=O) groups excluding carboxylic acids is 2. The Bertz CT molecular complexity index is 183. The Morgan fingerprint density at radius 2 is 0.962 bits per heavy atom. The van der Waals surface area contributed by atoms with Crippen LogP contribution in [-0.2, 0) is 135 Å². The number of hydrogen-bond acceptors (Lipinski definition) is 2. The molecule has 0 aromatic heterocycles. The van der Waals surface area contributed by atoms with Gasteiger partial charge in [0.1, 0.15) is 0 Å². The molecule has 0 aliphatic rings. The Balaban J connectivity index is -0.0000000121. The minimum Gasteiger partial charge on any atom is 0 e. The van der Waals surface area contributed by atoms with E-state index in [1.807, 2.05) is 13.8 Å². The van der Waals surface area contributed by atoms with E-state index in [0.717, 1.165) is 19.3 Å². The molecule has 0 heterocycles. The van der Waals surface area contributed by atoms with Crippen LogP contribution in [0.5, 0.6) is 0 Å². The summed E-state index contributed by atoms with van der Waals surface area (Å²) in [6, 6.07) is 0. The number of halogens is 2. The molecule has 0 saturated heterocycles. The first-order valence-corrected chi connectivity index (χ1v) is 10.4. The van der Waals surface area contributed by atoms with Gasteiger partial charge >= 0.3 is 57.4 Å². The molecule has 150 valence electrons. The van der Waals surface area contributed by atoms with Gasteiger partial charge in [0.25, 0.3) is 0 Å². The van der Waals surface area contributed by atoms with Gasteiger partial charge in [0.05, 0.1) is 0 Å². The van der Waals surface area contributed by atoms with E-state index < -0.39 is 28.8 Å². The molecule has 0 fully saturated rings. The Morgan fingerprint density at radius 1 is 0.808 bits per heavy atom. The fraction of sp³-hybridized carbons (Fsp3) is 0.643. The zero-order chi connectivity index (χ0) is 16.1. The number of amides is 2. The van der Waals surface area contributed by atoms with Crippen molar-refractivity contribution >= 4 is 30.4 Å². The number of hydrogen-bond donors (Lipinski definition) is 0. The van der Waals surface area contributed by atoms with E-state index in [9.17, 15) is 9.59 Å². The summed E-state index contributed by atoms with van der Waals surface area (Å²) in [5.41, 5.74) is 12.7. The van der Waals surface area contributed by atoms with Crippen LogP contribution in [0.25, 0.3) is 11.5 Å². The fourth-order valence-corrected chi connectivity index (χ4v) is 0.454. The first kappa shape index (κ1) is 69.9. The second kappa shape index (κ2) is 78.9. The summed E-state index contributed by atoms with van der Waals surface area (Å²) in [4.78, 5) is 19.4. The summed E-state index contributed by atoms with van der Waals surface area (Å²) in [5.74, 6) is -0.921. The maximum atomic E-state index is 9.71. The van der Waals surface area contributed by atoms with Crippen LogP contribution in [0, 0.1) is 21.8 Å². The van der Waals surface area contributed by atoms with Crippen LogP contribution in [0.15, 0.2) is 0 Å². The average molecular weight is 618 g/mol. The summed E-state index contributed by atoms with van der Waals surface area (Å²) in [7, 11) is 9.78. The van der Waals surface area contributed by atoms with Crippen LogP contribution in [-0.4, -0.2) is 11.8 Å². The van der Waals surface area contributed by atoms with Gasteiger partial charge < -0.3 is 42.8 Å². The van der Waals surface area contributed by atoms with Gasteiger partial charge in [-0.2, -0.15) is 6.42 Å². The molecular weight excluding hydrogens is 586 g/mol. The number of rotatable bonds is 5. The maximum absolute atomic E-state index is 9.71. The topological polar surface area (TPSA) is 81.7 Å². The van der Waals surface area contributed by atoms with Crippen molar-refractivity contribution in [2.75, 3.05) is 0 Å². The second-order valence-electron chi connectivity index (χ2n) is 3.27. The molecule has 0 unspecified atom stereocenters. The molecule has 0 atom stereocenters. The molecule has 0 spiro atoms. The second-order valence-corrected chi connectivity index (χ2v) is 5.85. The monoisotopic (exact) mass is 617 g/mol. The van der Waals surface area contributed by atoms with E-state index in [1.54, 1.807) is 0 Å². The van der Waals surface area contributed by atoms with E-state index in [0.29, 0.717) is 12.8 Å². The molecule has 2 amide bonds. The molecule has 0 bridgehead atoms. The predicted molar refractivity (Wildman–Crippen MR) is 93.3 cm³/mol. The van der Waals surface area contributed by atoms with Crippen LogP contribution in [0.3, 0.4) is 0 Å². The van der Waals surface area contributed by atoms with E-state index in [1.165, 1.54) is 6.42 Å². The standard InChI is InChI=1S/2C4H9NO.C4H9.2CH3.2ClH.6Ti/c2*1-2-3-4(5)6;1-3-4-2;;;;;;;;;;/h2*2-3H2,1H3,(H2,5,6);1,3-4H2,2H3;2*1H3;2*1H;;;;;;/q;;3*-1;;;;;;;2*+2/p-4. The zero-order valence-corrected chi connectivity index (χ0v) is 27.4. The van der Waals surface area contributed by atoms with E-state index in [4.69, 9.17) is 30.1 Å². The van der Waals surface area contributed by atoms with Crippen LogP contribution in [0.1, 0.15) is 59.3 Å². The van der Waals surface area contributed by atoms with Gasteiger partial charge in [-0.3, -0.25) is 0 Å². The summed E-state index contributed by atoms with van der Waals surface area (Å²) < 4.78 is 0. The number of nitrogens with one attached hydrogen (secondary N) is 2. The molecule has 0 aliphatic carbocycles. The van der Waals surface area contributed by atoms with E-state index >= 15 is 0 Å². The fourth-order valence-electron chi connectivity index (χ4n) is 0.454. The van der Waals surface area contributed by atoms with Crippen molar-refractivity contribution in [1.82, 2.24) is 0 Å². The van der Waals surface area contributed by atoms with Crippen molar-refractivity contribution in [1.29, 1.82) is 0 Å². The molecule has 0 aliphatic heterocycles. The van der Waals surface area contributed by atoms with E-state index in [2.05, 4.69) is 13.8 Å². The SMILES string of the molecule is CCCC([NH-])=O.CCCC([NH-])=O.[CH2-]CCC.[CH3-].[CH3-].[Cl][Ti][Cl].[Ti+2].[Ti].[Ti].[Ti].[Ti]. The van der Waals surface area contributed by atoms with E-state index in [-0.39, 0.29) is 123 Å². The first-order chi connectivity index (χ1) is 8.87. The molecule has 12 heteroatoms. The molecule has 2 N–H and O–H groups in total. The largest absolute Gasteiger partial charge is 2.00 e. The summed E-state index contributed by atoms with van der Waals surface area (Å²) in [5, 5.41) is 0. The van der Waals surface area contributed by atoms with Crippen LogP contribution in [0.2, 0.25) is 0 Å². The minimum absolute atomic E-state index is 0. The third-order valence-corrected chi connectivity index (χ3v) is 1.31. The smallest absolute Gasteiger partial charge is 0 e. The van der Waals surface area contributed by atoms with Crippen LogP contribution >= 0.6 is 18.6 Å². The Labute approximate surface area is 254 Å². The van der Waals surface area contributed by atoms with Crippen molar-refractivity contribution in [3.63, 3.8) is 0 Å². The zero-order valence-electron chi connectivity index (χ0n) is 16.5. The molecule has 0 aromatic rings. The average Bonchev–Trinajstić information content (AvgIpc) is 2.31. The van der Waals surface area contributed by atoms with Crippen molar-refractivity contribution < 1.29 is 135 Å². The quantitative estimate of drug-likeness (QED) is 0.257. The minimum atomic E-state index is -0.556. The third kappa shape index (κ3) is 171. The molecule has 0 aromatic carbocycles. The van der Waals surface area contributed by atoms with Gasteiger partial charge in [0.15, 0.2) is 0 Å². The molecule has 0 rings (SSSR count). The Kier molecular flexibility index (Phi) is 212. The maximum Gasteiger partial charge on any atom is 2.00 e. The van der Waals surface area contributed by atoms with Gasteiger partial charge in [0.2, 0.25) is 0 Å². The number of carbonyl (C=O) groups is 2. The van der Waals surface area contributed by atoms with Crippen molar-refractivity contribution in [2.24, 2.45) is 0 Å². The van der Waals surface area contributed by atoms with Crippen molar-refractivity contribution in [3.05, 3.63) is 33.2 Å². The molecule has 26 heavy (non-hydrogen) atoms. The van der Waals surface area contributed by atoms with Gasteiger partial charge in [-0.25, -0.2) is 0 Å². The number of unbranched alkanes of at least 4 members (excludes halogenated alkanes) is 1. The molecular formula is C14H31Cl2N2O2Ti6-3. The normalized spacial score (nSPS) is 5.46. The first-order valence-electron chi connectivity index (χ1n) is 6.11. The molecule has 0 radical (unpaired) electrons. The van der Waals surface area contributed by atoms with Gasteiger partial charge in [-0.1, -0.05) is 40.0 Å². The summed E-state index contributed by atoms with van der Waals surface area (Å²) >= 11 is -0.556. The van der Waals surface area contributed by atoms with Gasteiger partial charge in [-0.05, 0) is 12.8 Å². The van der Waals surface area contributed by atoms with Crippen molar-refractivity contribution in [3.8, 4) is 0 Å². The van der Waals surface area contributed by atoms with Crippen LogP contribution in [0.4, 0.5) is 0 Å². The Hall–Kier alpha value is 3.81. The molecule has 4 nitrogen and oxygen atoms in total. The Morgan fingerprint density at radius 3 is 0.962 bits per heavy atom. The third-order valence-electron chi connectivity index (χ3n) is 1.31. The predicted octanol–water partition coefficient (Wildman–Crippen LogP) is 6.62. The van der Waals surface area contributed by atoms with Gasteiger partial charge in [0, 0.05) is 98.7 Å². The summed E-state index contributed by atoms with van der Waals surface area (Å²) in [6.07, 6.45) is 4.67. The summed E-state index contributed by atoms with van der Waals surface area (Å²) in [6.45, 7) is 9.48. The van der Waals surface area contributed by atoms with Gasteiger partial charge in [-0.15, -0.1) is 0 Å².